The van der Waals surface area contributed by atoms with Crippen LogP contribution in [-0.4, -0.2) is 25.3 Å². The first-order chi connectivity index (χ1) is 8.22. The van der Waals surface area contributed by atoms with Gasteiger partial charge in [0, 0.05) is 5.56 Å². The van der Waals surface area contributed by atoms with Gasteiger partial charge in [-0.3, -0.25) is 0 Å². The predicted molar refractivity (Wildman–Crippen MR) is 68.7 cm³/mol. The van der Waals surface area contributed by atoms with Crippen molar-refractivity contribution in [3.63, 3.8) is 0 Å². The van der Waals surface area contributed by atoms with Gasteiger partial charge in [-0.05, 0) is 56.0 Å². The molecule has 1 aromatic rings. The number of phenolic OH excluding ortho intramolecular Hbond substituents is 1. The molecule has 1 heterocycles. The minimum Gasteiger partial charge on any atom is -0.508 e. The SMILES string of the molecule is COc1ccc(O)c(C(C)C2CCNCC2)c1. The number of aromatic hydroxyl groups is 1. The lowest BCUT2D eigenvalue weighted by atomic mass is 9.81. The maximum Gasteiger partial charge on any atom is 0.119 e. The third-order valence-electron chi connectivity index (χ3n) is 3.82. The van der Waals surface area contributed by atoms with Gasteiger partial charge < -0.3 is 15.2 Å². The molecule has 1 unspecified atom stereocenters. The van der Waals surface area contributed by atoms with Crippen molar-refractivity contribution >= 4 is 0 Å². The summed E-state index contributed by atoms with van der Waals surface area (Å²) in [5, 5.41) is 13.3. The number of ether oxygens (including phenoxy) is 1. The predicted octanol–water partition coefficient (Wildman–Crippen LogP) is 2.50. The topological polar surface area (TPSA) is 41.5 Å². The van der Waals surface area contributed by atoms with Crippen LogP contribution in [0.2, 0.25) is 0 Å². The lowest BCUT2D eigenvalue weighted by Gasteiger charge is -2.29. The van der Waals surface area contributed by atoms with Crippen molar-refractivity contribution in [3.05, 3.63) is 23.8 Å². The van der Waals surface area contributed by atoms with Gasteiger partial charge in [-0.25, -0.2) is 0 Å². The summed E-state index contributed by atoms with van der Waals surface area (Å²) in [6, 6.07) is 5.49. The highest BCUT2D eigenvalue weighted by molar-refractivity contribution is 5.41. The van der Waals surface area contributed by atoms with Gasteiger partial charge in [-0.2, -0.15) is 0 Å². The molecule has 1 atom stereocenters. The molecule has 0 saturated carbocycles. The molecule has 0 bridgehead atoms. The molecule has 1 aliphatic heterocycles. The van der Waals surface area contributed by atoms with E-state index in [1.165, 1.54) is 12.8 Å². The molecule has 17 heavy (non-hydrogen) atoms. The van der Waals surface area contributed by atoms with Crippen LogP contribution in [0.25, 0.3) is 0 Å². The number of piperidine rings is 1. The number of hydrogen-bond acceptors (Lipinski definition) is 3. The summed E-state index contributed by atoms with van der Waals surface area (Å²) in [6.07, 6.45) is 2.36. The fourth-order valence-electron chi connectivity index (χ4n) is 2.62. The van der Waals surface area contributed by atoms with E-state index in [4.69, 9.17) is 4.74 Å². The molecule has 0 radical (unpaired) electrons. The second kappa shape index (κ2) is 5.41. The summed E-state index contributed by atoms with van der Waals surface area (Å²) in [5.74, 6) is 2.23. The highest BCUT2D eigenvalue weighted by Crippen LogP contribution is 2.37. The Morgan fingerprint density at radius 3 is 2.71 bits per heavy atom. The van der Waals surface area contributed by atoms with Crippen molar-refractivity contribution in [2.45, 2.75) is 25.7 Å². The minimum absolute atomic E-state index is 0.382. The first-order valence-corrected chi connectivity index (χ1v) is 6.30. The van der Waals surface area contributed by atoms with Crippen molar-refractivity contribution in [1.29, 1.82) is 0 Å². The van der Waals surface area contributed by atoms with Crippen molar-refractivity contribution in [1.82, 2.24) is 5.32 Å². The van der Waals surface area contributed by atoms with Gasteiger partial charge in [0.15, 0.2) is 0 Å². The van der Waals surface area contributed by atoms with E-state index >= 15 is 0 Å². The Hall–Kier alpha value is -1.22. The summed E-state index contributed by atoms with van der Waals surface area (Å²) in [5.41, 5.74) is 1.01. The first kappa shape index (κ1) is 12.2. The van der Waals surface area contributed by atoms with E-state index in [2.05, 4.69) is 12.2 Å². The lowest BCUT2D eigenvalue weighted by molar-refractivity contribution is 0.323. The fourth-order valence-corrected chi connectivity index (χ4v) is 2.62. The Kier molecular flexibility index (Phi) is 3.89. The Balaban J connectivity index is 2.19. The van der Waals surface area contributed by atoms with E-state index < -0.39 is 0 Å². The van der Waals surface area contributed by atoms with Gasteiger partial charge in [0.2, 0.25) is 0 Å². The zero-order valence-electron chi connectivity index (χ0n) is 10.6. The summed E-state index contributed by atoms with van der Waals surface area (Å²) in [6.45, 7) is 4.37. The van der Waals surface area contributed by atoms with Crippen LogP contribution in [0, 0.1) is 5.92 Å². The lowest BCUT2D eigenvalue weighted by Crippen LogP contribution is -2.30. The molecule has 0 aliphatic carbocycles. The Morgan fingerprint density at radius 1 is 1.35 bits per heavy atom. The van der Waals surface area contributed by atoms with Gasteiger partial charge in [-0.15, -0.1) is 0 Å². The van der Waals surface area contributed by atoms with Crippen LogP contribution in [-0.2, 0) is 0 Å². The Bertz CT molecular complexity index is 372. The quantitative estimate of drug-likeness (QED) is 0.845. The molecule has 1 aromatic carbocycles. The molecular formula is C14H21NO2. The summed E-state index contributed by atoms with van der Waals surface area (Å²) in [7, 11) is 1.66. The van der Waals surface area contributed by atoms with Crippen LogP contribution in [0.5, 0.6) is 11.5 Å². The maximum atomic E-state index is 9.96. The van der Waals surface area contributed by atoms with E-state index in [0.717, 1.165) is 24.4 Å². The second-order valence-electron chi connectivity index (χ2n) is 4.80. The third-order valence-corrected chi connectivity index (χ3v) is 3.82. The molecule has 94 valence electrons. The summed E-state index contributed by atoms with van der Waals surface area (Å²) < 4.78 is 5.22. The monoisotopic (exact) mass is 235 g/mol. The largest absolute Gasteiger partial charge is 0.508 e. The van der Waals surface area contributed by atoms with Crippen LogP contribution >= 0.6 is 0 Å². The average molecular weight is 235 g/mol. The van der Waals surface area contributed by atoms with Crippen molar-refractivity contribution < 1.29 is 9.84 Å². The van der Waals surface area contributed by atoms with Crippen LogP contribution in [0.15, 0.2) is 18.2 Å². The van der Waals surface area contributed by atoms with Gasteiger partial charge in [0.25, 0.3) is 0 Å². The zero-order chi connectivity index (χ0) is 12.3. The normalized spacial score (nSPS) is 18.9. The molecule has 3 heteroatoms. The standard InChI is InChI=1S/C14H21NO2/c1-10(11-5-7-15-8-6-11)13-9-12(17-2)3-4-14(13)16/h3-4,9-11,15-16H,5-8H2,1-2H3. The average Bonchev–Trinajstić information content (AvgIpc) is 2.39. The first-order valence-electron chi connectivity index (χ1n) is 6.30. The van der Waals surface area contributed by atoms with Gasteiger partial charge in [0.1, 0.15) is 11.5 Å². The summed E-state index contributed by atoms with van der Waals surface area (Å²) >= 11 is 0. The Morgan fingerprint density at radius 2 is 2.06 bits per heavy atom. The highest BCUT2D eigenvalue weighted by Gasteiger charge is 2.23. The number of benzene rings is 1. The Labute approximate surface area is 103 Å². The molecule has 1 aliphatic rings. The number of nitrogens with one attached hydrogen (secondary N) is 1. The molecule has 3 nitrogen and oxygen atoms in total. The van der Waals surface area contributed by atoms with Crippen LogP contribution in [0.1, 0.15) is 31.2 Å². The van der Waals surface area contributed by atoms with Gasteiger partial charge in [0.05, 0.1) is 7.11 Å². The second-order valence-corrected chi connectivity index (χ2v) is 4.80. The van der Waals surface area contributed by atoms with E-state index in [-0.39, 0.29) is 0 Å². The molecule has 0 spiro atoms. The molecular weight excluding hydrogens is 214 g/mol. The number of phenols is 1. The number of methoxy groups -OCH3 is 1. The van der Waals surface area contributed by atoms with Gasteiger partial charge in [-0.1, -0.05) is 6.92 Å². The zero-order valence-corrected chi connectivity index (χ0v) is 10.6. The molecule has 0 aromatic heterocycles. The molecule has 2 N–H and O–H groups in total. The summed E-state index contributed by atoms with van der Waals surface area (Å²) in [4.78, 5) is 0. The number of hydrogen-bond donors (Lipinski definition) is 2. The van der Waals surface area contributed by atoms with Crippen LogP contribution < -0.4 is 10.1 Å². The third kappa shape index (κ3) is 2.72. The van der Waals surface area contributed by atoms with Crippen LogP contribution in [0.3, 0.4) is 0 Å². The van der Waals surface area contributed by atoms with Crippen molar-refractivity contribution in [2.24, 2.45) is 5.92 Å². The highest BCUT2D eigenvalue weighted by atomic mass is 16.5. The number of rotatable bonds is 3. The molecule has 2 rings (SSSR count). The van der Waals surface area contributed by atoms with Crippen LogP contribution in [0.4, 0.5) is 0 Å². The fraction of sp³-hybridized carbons (Fsp3) is 0.571. The molecule has 1 saturated heterocycles. The van der Waals surface area contributed by atoms with E-state index in [9.17, 15) is 5.11 Å². The van der Waals surface area contributed by atoms with E-state index in [0.29, 0.717) is 17.6 Å². The van der Waals surface area contributed by atoms with Gasteiger partial charge >= 0.3 is 0 Å². The van der Waals surface area contributed by atoms with Crippen molar-refractivity contribution in [3.8, 4) is 11.5 Å². The maximum absolute atomic E-state index is 9.96. The minimum atomic E-state index is 0.382. The van der Waals surface area contributed by atoms with E-state index in [1.54, 1.807) is 19.2 Å². The van der Waals surface area contributed by atoms with E-state index in [1.807, 2.05) is 6.07 Å². The molecule has 1 fully saturated rings. The molecule has 0 amide bonds. The smallest absolute Gasteiger partial charge is 0.119 e. The van der Waals surface area contributed by atoms with Crippen molar-refractivity contribution in [2.75, 3.05) is 20.2 Å².